The first kappa shape index (κ1) is 5.76. The third kappa shape index (κ3) is 1.07. The van der Waals surface area contributed by atoms with Crippen LogP contribution >= 0.6 is 0 Å². The van der Waals surface area contributed by atoms with Crippen LogP contribution in [0, 0.1) is 0 Å². The molecule has 0 aromatic heterocycles. The van der Waals surface area contributed by atoms with E-state index in [4.69, 9.17) is 4.74 Å². The molecule has 0 saturated carbocycles. The molecule has 1 aliphatic heterocycles. The van der Waals surface area contributed by atoms with Gasteiger partial charge in [0, 0.05) is 0 Å². The Morgan fingerprint density at radius 1 is 2.00 bits per heavy atom. The van der Waals surface area contributed by atoms with Gasteiger partial charge in [0.25, 0.3) is 0 Å². The average Bonchev–Trinajstić information content (AvgIpc) is 2.14. The number of rotatable bonds is 1. The molecule has 0 amide bonds. The van der Waals surface area contributed by atoms with Crippen LogP contribution in [-0.4, -0.2) is 12.7 Å². The summed E-state index contributed by atoms with van der Waals surface area (Å²) >= 11 is 0. The van der Waals surface area contributed by atoms with E-state index < -0.39 is 0 Å². The van der Waals surface area contributed by atoms with Crippen molar-refractivity contribution in [2.45, 2.75) is 19.4 Å². The molecule has 0 N–H and O–H groups in total. The lowest BCUT2D eigenvalue weighted by Gasteiger charge is -1.99. The summed E-state index contributed by atoms with van der Waals surface area (Å²) in [5.74, 6) is -0.128. The second-order valence-electron chi connectivity index (χ2n) is 1.87. The maximum Gasteiger partial charge on any atom is 0.124 e. The SMILES string of the molecule is CC[C@H]1C=C(F)CO1. The molecule has 0 radical (unpaired) electrons. The van der Waals surface area contributed by atoms with Gasteiger partial charge in [-0.3, -0.25) is 0 Å². The molecule has 46 valence electrons. The van der Waals surface area contributed by atoms with Crippen LogP contribution in [0.25, 0.3) is 0 Å². The van der Waals surface area contributed by atoms with Crippen LogP contribution in [0.2, 0.25) is 0 Å². The van der Waals surface area contributed by atoms with Crippen molar-refractivity contribution < 1.29 is 9.13 Å². The van der Waals surface area contributed by atoms with Crippen molar-refractivity contribution in [3.8, 4) is 0 Å². The molecule has 8 heavy (non-hydrogen) atoms. The monoisotopic (exact) mass is 116 g/mol. The smallest absolute Gasteiger partial charge is 0.124 e. The molecule has 1 rings (SSSR count). The minimum Gasteiger partial charge on any atom is -0.367 e. The van der Waals surface area contributed by atoms with Crippen LogP contribution in [0.3, 0.4) is 0 Å². The molecule has 0 unspecified atom stereocenters. The first-order valence-electron chi connectivity index (χ1n) is 2.80. The van der Waals surface area contributed by atoms with Gasteiger partial charge in [-0.05, 0) is 12.5 Å². The van der Waals surface area contributed by atoms with E-state index in [1.54, 1.807) is 0 Å². The normalized spacial score (nSPS) is 28.2. The molecule has 0 fully saturated rings. The molecule has 1 atom stereocenters. The fourth-order valence-corrected chi connectivity index (χ4v) is 0.720. The largest absolute Gasteiger partial charge is 0.367 e. The summed E-state index contributed by atoms with van der Waals surface area (Å²) in [7, 11) is 0. The molecular weight excluding hydrogens is 107 g/mol. The zero-order chi connectivity index (χ0) is 5.98. The minimum absolute atomic E-state index is 0.0370. The second-order valence-corrected chi connectivity index (χ2v) is 1.87. The Labute approximate surface area is 48.1 Å². The highest BCUT2D eigenvalue weighted by Crippen LogP contribution is 2.14. The van der Waals surface area contributed by atoms with E-state index in [2.05, 4.69) is 0 Å². The van der Waals surface area contributed by atoms with Gasteiger partial charge in [-0.25, -0.2) is 4.39 Å². The lowest BCUT2D eigenvalue weighted by atomic mass is 10.3. The Morgan fingerprint density at radius 2 is 2.75 bits per heavy atom. The fraction of sp³-hybridized carbons (Fsp3) is 0.667. The van der Waals surface area contributed by atoms with E-state index in [0.29, 0.717) is 0 Å². The highest BCUT2D eigenvalue weighted by Gasteiger charge is 2.12. The van der Waals surface area contributed by atoms with Gasteiger partial charge in [0.05, 0.1) is 12.7 Å². The quantitative estimate of drug-likeness (QED) is 0.506. The van der Waals surface area contributed by atoms with Crippen molar-refractivity contribution in [2.75, 3.05) is 6.61 Å². The predicted molar refractivity (Wildman–Crippen MR) is 29.2 cm³/mol. The maximum atomic E-state index is 12.1. The summed E-state index contributed by atoms with van der Waals surface area (Å²) in [6, 6.07) is 0. The van der Waals surface area contributed by atoms with E-state index >= 15 is 0 Å². The third-order valence-corrected chi connectivity index (χ3v) is 1.20. The first-order chi connectivity index (χ1) is 3.83. The Hall–Kier alpha value is -0.370. The molecule has 2 heteroatoms. The van der Waals surface area contributed by atoms with E-state index in [9.17, 15) is 4.39 Å². The Kier molecular flexibility index (Phi) is 1.63. The van der Waals surface area contributed by atoms with E-state index in [1.165, 1.54) is 6.08 Å². The summed E-state index contributed by atoms with van der Waals surface area (Å²) < 4.78 is 17.0. The number of hydrogen-bond acceptors (Lipinski definition) is 1. The summed E-state index contributed by atoms with van der Waals surface area (Å²) in [6.07, 6.45) is 2.43. The van der Waals surface area contributed by atoms with E-state index in [-0.39, 0.29) is 18.5 Å². The molecule has 0 aliphatic carbocycles. The summed E-state index contributed by atoms with van der Waals surface area (Å²) in [5, 5.41) is 0. The van der Waals surface area contributed by atoms with Gasteiger partial charge in [-0.1, -0.05) is 6.92 Å². The van der Waals surface area contributed by atoms with Gasteiger partial charge in [0.1, 0.15) is 5.83 Å². The summed E-state index contributed by atoms with van der Waals surface area (Å²) in [4.78, 5) is 0. The highest BCUT2D eigenvalue weighted by molar-refractivity contribution is 5.02. The molecule has 1 nitrogen and oxygen atoms in total. The third-order valence-electron chi connectivity index (χ3n) is 1.20. The predicted octanol–water partition coefficient (Wildman–Crippen LogP) is 1.65. The Morgan fingerprint density at radius 3 is 3.00 bits per heavy atom. The first-order valence-corrected chi connectivity index (χ1v) is 2.80. The standard InChI is InChI=1S/C6H9FO/c1-2-6-3-5(7)4-8-6/h3,6H,2,4H2,1H3/t6-/m0/s1. The Balaban J connectivity index is 2.41. The zero-order valence-electron chi connectivity index (χ0n) is 4.86. The van der Waals surface area contributed by atoms with E-state index in [1.807, 2.05) is 6.92 Å². The fourth-order valence-electron chi connectivity index (χ4n) is 0.720. The van der Waals surface area contributed by atoms with Crippen molar-refractivity contribution in [1.29, 1.82) is 0 Å². The minimum atomic E-state index is -0.128. The molecule has 0 bridgehead atoms. The molecule has 0 spiro atoms. The molecule has 0 aromatic rings. The van der Waals surface area contributed by atoms with Crippen LogP contribution in [0.5, 0.6) is 0 Å². The van der Waals surface area contributed by atoms with Crippen LogP contribution in [-0.2, 0) is 4.74 Å². The van der Waals surface area contributed by atoms with E-state index in [0.717, 1.165) is 6.42 Å². The summed E-state index contributed by atoms with van der Waals surface area (Å²) in [6.45, 7) is 2.15. The topological polar surface area (TPSA) is 9.23 Å². The molecular formula is C6H9FO. The van der Waals surface area contributed by atoms with Crippen molar-refractivity contribution in [2.24, 2.45) is 0 Å². The molecule has 0 saturated heterocycles. The lowest BCUT2D eigenvalue weighted by Crippen LogP contribution is -2.00. The Bertz CT molecular complexity index is 109. The summed E-state index contributed by atoms with van der Waals surface area (Å²) in [5.41, 5.74) is 0. The van der Waals surface area contributed by atoms with Crippen molar-refractivity contribution in [3.05, 3.63) is 11.9 Å². The van der Waals surface area contributed by atoms with Crippen LogP contribution in [0.15, 0.2) is 11.9 Å². The number of halogens is 1. The van der Waals surface area contributed by atoms with Gasteiger partial charge in [-0.2, -0.15) is 0 Å². The van der Waals surface area contributed by atoms with Gasteiger partial charge in [0.2, 0.25) is 0 Å². The number of ether oxygens (including phenoxy) is 1. The van der Waals surface area contributed by atoms with Crippen LogP contribution < -0.4 is 0 Å². The van der Waals surface area contributed by atoms with Crippen LogP contribution in [0.1, 0.15) is 13.3 Å². The van der Waals surface area contributed by atoms with Crippen molar-refractivity contribution >= 4 is 0 Å². The highest BCUT2D eigenvalue weighted by atomic mass is 19.1. The number of hydrogen-bond donors (Lipinski definition) is 0. The van der Waals surface area contributed by atoms with Gasteiger partial charge >= 0.3 is 0 Å². The van der Waals surface area contributed by atoms with Crippen LogP contribution in [0.4, 0.5) is 4.39 Å². The zero-order valence-corrected chi connectivity index (χ0v) is 4.86. The maximum absolute atomic E-state index is 12.1. The van der Waals surface area contributed by atoms with Gasteiger partial charge in [0.15, 0.2) is 0 Å². The average molecular weight is 116 g/mol. The molecule has 0 aromatic carbocycles. The van der Waals surface area contributed by atoms with Gasteiger partial charge in [-0.15, -0.1) is 0 Å². The van der Waals surface area contributed by atoms with Crippen molar-refractivity contribution in [3.63, 3.8) is 0 Å². The lowest BCUT2D eigenvalue weighted by molar-refractivity contribution is 0.117. The second kappa shape index (κ2) is 2.27. The molecule has 1 heterocycles. The van der Waals surface area contributed by atoms with Crippen molar-refractivity contribution in [1.82, 2.24) is 0 Å². The molecule has 1 aliphatic rings. The van der Waals surface area contributed by atoms with Gasteiger partial charge < -0.3 is 4.74 Å².